The smallest absolute Gasteiger partial charge is 0.158 e. The van der Waals surface area contributed by atoms with Crippen LogP contribution in [0.2, 0.25) is 0 Å². The Kier molecular flexibility index (Phi) is 4.87. The Labute approximate surface area is 176 Å². The number of hydrogen-bond donors (Lipinski definition) is 0. The van der Waals surface area contributed by atoms with Gasteiger partial charge in [-0.2, -0.15) is 9.61 Å². The second kappa shape index (κ2) is 7.82. The molecule has 3 heterocycles. The molecule has 5 rings (SSSR count). The van der Waals surface area contributed by atoms with Gasteiger partial charge in [0.1, 0.15) is 11.6 Å². The van der Waals surface area contributed by atoms with E-state index in [9.17, 15) is 0 Å². The van der Waals surface area contributed by atoms with Crippen LogP contribution >= 0.6 is 0 Å². The lowest BCUT2D eigenvalue weighted by atomic mass is 10.0. The van der Waals surface area contributed by atoms with Crippen molar-refractivity contribution in [1.82, 2.24) is 14.6 Å². The van der Waals surface area contributed by atoms with E-state index < -0.39 is 0 Å². The highest BCUT2D eigenvalue weighted by Crippen LogP contribution is 2.30. The number of benzene rings is 2. The minimum Gasteiger partial charge on any atom is -0.497 e. The first-order chi connectivity index (χ1) is 14.7. The third-order valence-corrected chi connectivity index (χ3v) is 5.82. The molecule has 0 amide bonds. The van der Waals surface area contributed by atoms with Crippen molar-refractivity contribution in [2.24, 2.45) is 5.92 Å². The van der Waals surface area contributed by atoms with Gasteiger partial charge in [-0.1, -0.05) is 49.4 Å². The first kappa shape index (κ1) is 18.7. The normalized spacial score (nSPS) is 16.7. The number of aromatic nitrogens is 3. The van der Waals surface area contributed by atoms with E-state index in [1.807, 2.05) is 28.8 Å². The number of rotatable bonds is 4. The molecule has 152 valence electrons. The zero-order valence-corrected chi connectivity index (χ0v) is 17.5. The van der Waals surface area contributed by atoms with E-state index in [0.29, 0.717) is 5.92 Å². The van der Waals surface area contributed by atoms with Crippen LogP contribution in [0.1, 0.15) is 19.8 Å². The molecule has 0 bridgehead atoms. The van der Waals surface area contributed by atoms with Gasteiger partial charge in [-0.05, 0) is 30.9 Å². The standard InChI is InChI=1S/C25H26N4O/c1-18-8-7-13-28(17-18)25-16-22(19-9-4-3-5-10-19)26-24-15-23(27-29(24)25)20-11-6-12-21(14-20)30-2/h3-6,9-12,14-16,18H,7-8,13,17H2,1-2H3/t18-/m0/s1. The lowest BCUT2D eigenvalue weighted by Crippen LogP contribution is -2.35. The number of anilines is 1. The van der Waals surface area contributed by atoms with Crippen LogP contribution < -0.4 is 9.64 Å². The molecule has 1 aliphatic heterocycles. The Bertz CT molecular complexity index is 1170. The average molecular weight is 399 g/mol. The summed E-state index contributed by atoms with van der Waals surface area (Å²) in [5, 5.41) is 4.95. The molecule has 0 N–H and O–H groups in total. The molecule has 2 aromatic heterocycles. The number of fused-ring (bicyclic) bond motifs is 1. The highest BCUT2D eigenvalue weighted by atomic mass is 16.5. The van der Waals surface area contributed by atoms with Crippen molar-refractivity contribution < 1.29 is 4.74 Å². The predicted molar refractivity (Wildman–Crippen MR) is 121 cm³/mol. The Morgan fingerprint density at radius 3 is 2.57 bits per heavy atom. The van der Waals surface area contributed by atoms with Crippen molar-refractivity contribution in [1.29, 1.82) is 0 Å². The summed E-state index contributed by atoms with van der Waals surface area (Å²) < 4.78 is 7.40. The van der Waals surface area contributed by atoms with Crippen molar-refractivity contribution >= 4 is 11.5 Å². The Morgan fingerprint density at radius 2 is 1.77 bits per heavy atom. The van der Waals surface area contributed by atoms with Gasteiger partial charge in [0, 0.05) is 36.3 Å². The maximum absolute atomic E-state index is 5.40. The second-order valence-corrected chi connectivity index (χ2v) is 8.09. The lowest BCUT2D eigenvalue weighted by molar-refractivity contribution is 0.415. The van der Waals surface area contributed by atoms with Gasteiger partial charge in [-0.25, -0.2) is 4.98 Å². The molecule has 2 aromatic carbocycles. The molecule has 0 radical (unpaired) electrons. The van der Waals surface area contributed by atoms with Crippen LogP contribution in [0.4, 0.5) is 5.82 Å². The quantitative estimate of drug-likeness (QED) is 0.467. The summed E-state index contributed by atoms with van der Waals surface area (Å²) in [6.45, 7) is 4.42. The molecule has 1 aliphatic rings. The molecule has 1 saturated heterocycles. The fourth-order valence-corrected chi connectivity index (χ4v) is 4.26. The van der Waals surface area contributed by atoms with Crippen molar-refractivity contribution in [2.75, 3.05) is 25.1 Å². The summed E-state index contributed by atoms with van der Waals surface area (Å²) >= 11 is 0. The van der Waals surface area contributed by atoms with Crippen molar-refractivity contribution in [3.8, 4) is 28.3 Å². The summed E-state index contributed by atoms with van der Waals surface area (Å²) in [6, 6.07) is 22.6. The van der Waals surface area contributed by atoms with Gasteiger partial charge in [0.25, 0.3) is 0 Å². The highest BCUT2D eigenvalue weighted by molar-refractivity contribution is 5.71. The third-order valence-electron chi connectivity index (χ3n) is 5.82. The Balaban J connectivity index is 1.67. The van der Waals surface area contributed by atoms with E-state index >= 15 is 0 Å². The zero-order valence-electron chi connectivity index (χ0n) is 17.5. The number of nitrogens with zero attached hydrogens (tertiary/aromatic N) is 4. The van der Waals surface area contributed by atoms with E-state index in [4.69, 9.17) is 14.8 Å². The molecule has 1 fully saturated rings. The summed E-state index contributed by atoms with van der Waals surface area (Å²) in [5.74, 6) is 2.61. The van der Waals surface area contributed by atoms with Gasteiger partial charge in [-0.3, -0.25) is 0 Å². The van der Waals surface area contributed by atoms with Crippen LogP contribution in [0.25, 0.3) is 28.2 Å². The Hall–Kier alpha value is -3.34. The minimum atomic E-state index is 0.676. The minimum absolute atomic E-state index is 0.676. The first-order valence-corrected chi connectivity index (χ1v) is 10.6. The first-order valence-electron chi connectivity index (χ1n) is 10.6. The second-order valence-electron chi connectivity index (χ2n) is 8.09. The molecule has 1 atom stereocenters. The van der Waals surface area contributed by atoms with E-state index in [1.54, 1.807) is 7.11 Å². The molecule has 5 heteroatoms. The fourth-order valence-electron chi connectivity index (χ4n) is 4.26. The molecule has 0 saturated carbocycles. The summed E-state index contributed by atoms with van der Waals surface area (Å²) in [5.41, 5.74) is 4.89. The van der Waals surface area contributed by atoms with Gasteiger partial charge in [0.2, 0.25) is 0 Å². The van der Waals surface area contributed by atoms with E-state index in [1.165, 1.54) is 12.8 Å². The molecular formula is C25H26N4O. The fraction of sp³-hybridized carbons (Fsp3) is 0.280. The monoisotopic (exact) mass is 398 g/mol. The largest absolute Gasteiger partial charge is 0.497 e. The lowest BCUT2D eigenvalue weighted by Gasteiger charge is -2.32. The van der Waals surface area contributed by atoms with E-state index in [0.717, 1.165) is 52.8 Å². The summed E-state index contributed by atoms with van der Waals surface area (Å²) in [7, 11) is 1.69. The predicted octanol–water partition coefficient (Wildman–Crippen LogP) is 5.31. The van der Waals surface area contributed by atoms with Gasteiger partial charge in [-0.15, -0.1) is 0 Å². The van der Waals surface area contributed by atoms with Crippen molar-refractivity contribution in [3.63, 3.8) is 0 Å². The third kappa shape index (κ3) is 3.52. The maximum Gasteiger partial charge on any atom is 0.158 e. The van der Waals surface area contributed by atoms with E-state index in [-0.39, 0.29) is 0 Å². The van der Waals surface area contributed by atoms with Crippen LogP contribution in [-0.4, -0.2) is 34.8 Å². The molecule has 30 heavy (non-hydrogen) atoms. The van der Waals surface area contributed by atoms with Crippen molar-refractivity contribution in [2.45, 2.75) is 19.8 Å². The van der Waals surface area contributed by atoms with Gasteiger partial charge in [0.05, 0.1) is 18.5 Å². The number of hydrogen-bond acceptors (Lipinski definition) is 4. The van der Waals surface area contributed by atoms with Crippen LogP contribution in [0.15, 0.2) is 66.7 Å². The van der Waals surface area contributed by atoms with Gasteiger partial charge < -0.3 is 9.64 Å². The number of piperidine rings is 1. The molecule has 4 aromatic rings. The van der Waals surface area contributed by atoms with E-state index in [2.05, 4.69) is 54.3 Å². The van der Waals surface area contributed by atoms with Gasteiger partial charge >= 0.3 is 0 Å². The maximum atomic E-state index is 5.40. The Morgan fingerprint density at radius 1 is 0.933 bits per heavy atom. The van der Waals surface area contributed by atoms with Crippen molar-refractivity contribution in [3.05, 3.63) is 66.7 Å². The SMILES string of the molecule is COc1cccc(-c2cc3nc(-c4ccccc4)cc(N4CCC[C@H](C)C4)n3n2)c1. The topological polar surface area (TPSA) is 42.7 Å². The molecule has 5 nitrogen and oxygen atoms in total. The van der Waals surface area contributed by atoms with Crippen LogP contribution in [-0.2, 0) is 0 Å². The highest BCUT2D eigenvalue weighted by Gasteiger charge is 2.21. The number of ether oxygens (including phenoxy) is 1. The zero-order chi connectivity index (χ0) is 20.5. The van der Waals surface area contributed by atoms with Crippen LogP contribution in [0.5, 0.6) is 5.75 Å². The molecule has 0 unspecified atom stereocenters. The van der Waals surface area contributed by atoms with Crippen LogP contribution in [0.3, 0.4) is 0 Å². The molecule has 0 spiro atoms. The summed E-state index contributed by atoms with van der Waals surface area (Å²) in [6.07, 6.45) is 2.49. The summed E-state index contributed by atoms with van der Waals surface area (Å²) in [4.78, 5) is 7.41. The molecular weight excluding hydrogens is 372 g/mol. The average Bonchev–Trinajstić information content (AvgIpc) is 3.23. The molecule has 0 aliphatic carbocycles. The van der Waals surface area contributed by atoms with Crippen LogP contribution in [0, 0.1) is 5.92 Å². The number of methoxy groups -OCH3 is 1. The van der Waals surface area contributed by atoms with Gasteiger partial charge in [0.15, 0.2) is 5.65 Å².